The number of carboxylic acids is 1. The van der Waals surface area contributed by atoms with Gasteiger partial charge in [-0.1, -0.05) is 5.16 Å². The largest absolute Gasteiger partial charge is 0.490 e. The number of rotatable bonds is 6. The molecule has 0 spiro atoms. The molecule has 0 fully saturated rings. The molecule has 0 saturated carbocycles. The summed E-state index contributed by atoms with van der Waals surface area (Å²) in [6, 6.07) is 6.63. The summed E-state index contributed by atoms with van der Waals surface area (Å²) in [5.41, 5.74) is 0.545. The van der Waals surface area contributed by atoms with E-state index in [0.29, 0.717) is 36.0 Å². The number of nitrogens with zero attached hydrogens (tertiary/aromatic N) is 1. The van der Waals surface area contributed by atoms with Crippen LogP contribution in [-0.4, -0.2) is 29.4 Å². The second-order valence-corrected chi connectivity index (χ2v) is 3.91. The van der Waals surface area contributed by atoms with Gasteiger partial charge >= 0.3 is 5.97 Å². The zero-order chi connectivity index (χ0) is 14.5. The van der Waals surface area contributed by atoms with E-state index >= 15 is 0 Å². The lowest BCUT2D eigenvalue weighted by atomic mass is 10.1. The summed E-state index contributed by atoms with van der Waals surface area (Å²) < 4.78 is 16.0. The molecule has 0 atom stereocenters. The van der Waals surface area contributed by atoms with Gasteiger partial charge in [-0.15, -0.1) is 0 Å². The van der Waals surface area contributed by atoms with Gasteiger partial charge in [-0.05, 0) is 32.0 Å². The fraction of sp³-hybridized carbons (Fsp3) is 0.286. The van der Waals surface area contributed by atoms with Crippen LogP contribution in [0.15, 0.2) is 28.8 Å². The van der Waals surface area contributed by atoms with Crippen LogP contribution in [0.4, 0.5) is 0 Å². The van der Waals surface area contributed by atoms with Crippen LogP contribution in [0.2, 0.25) is 0 Å². The number of carboxylic acid groups (broad SMARTS) is 1. The summed E-state index contributed by atoms with van der Waals surface area (Å²) >= 11 is 0. The summed E-state index contributed by atoms with van der Waals surface area (Å²) in [6.07, 6.45) is 0. The maximum atomic E-state index is 10.8. The lowest BCUT2D eigenvalue weighted by molar-refractivity contribution is 0.0686. The van der Waals surface area contributed by atoms with Gasteiger partial charge in [0.2, 0.25) is 0 Å². The van der Waals surface area contributed by atoms with Crippen LogP contribution in [0.25, 0.3) is 11.3 Å². The quantitative estimate of drug-likeness (QED) is 0.874. The highest BCUT2D eigenvalue weighted by Gasteiger charge is 2.14. The van der Waals surface area contributed by atoms with Gasteiger partial charge in [0.1, 0.15) is 0 Å². The molecule has 2 rings (SSSR count). The monoisotopic (exact) mass is 277 g/mol. The minimum Gasteiger partial charge on any atom is -0.490 e. The normalized spacial score (nSPS) is 10.3. The molecular weight excluding hydrogens is 262 g/mol. The Kier molecular flexibility index (Phi) is 4.24. The van der Waals surface area contributed by atoms with Gasteiger partial charge < -0.3 is 19.1 Å². The lowest BCUT2D eigenvalue weighted by Gasteiger charge is -2.11. The van der Waals surface area contributed by atoms with E-state index in [2.05, 4.69) is 5.16 Å². The molecule has 0 unspecified atom stereocenters. The number of benzene rings is 1. The standard InChI is InChI=1S/C14H15NO5/c1-3-18-11-6-5-9(7-13(11)19-4-2)12-8-10(14(16)17)15-20-12/h5-8H,3-4H2,1-2H3,(H,16,17). The van der Waals surface area contributed by atoms with E-state index in [-0.39, 0.29) is 5.69 Å². The van der Waals surface area contributed by atoms with Crippen LogP contribution in [-0.2, 0) is 0 Å². The topological polar surface area (TPSA) is 81.8 Å². The fourth-order valence-electron chi connectivity index (χ4n) is 1.72. The minimum atomic E-state index is -1.13. The van der Waals surface area contributed by atoms with E-state index in [4.69, 9.17) is 19.1 Å². The first-order valence-corrected chi connectivity index (χ1v) is 6.25. The van der Waals surface area contributed by atoms with Gasteiger partial charge in [-0.3, -0.25) is 0 Å². The number of aromatic carboxylic acids is 1. The van der Waals surface area contributed by atoms with Crippen molar-refractivity contribution in [1.82, 2.24) is 5.16 Å². The predicted molar refractivity (Wildman–Crippen MR) is 71.2 cm³/mol. The number of ether oxygens (including phenoxy) is 2. The molecule has 106 valence electrons. The van der Waals surface area contributed by atoms with E-state index in [1.807, 2.05) is 13.8 Å². The van der Waals surface area contributed by atoms with Gasteiger partial charge in [0, 0.05) is 11.6 Å². The van der Waals surface area contributed by atoms with Crippen molar-refractivity contribution in [1.29, 1.82) is 0 Å². The second-order valence-electron chi connectivity index (χ2n) is 3.91. The van der Waals surface area contributed by atoms with Crippen molar-refractivity contribution in [3.05, 3.63) is 30.0 Å². The molecule has 0 bridgehead atoms. The third-order valence-corrected chi connectivity index (χ3v) is 2.56. The molecule has 0 aliphatic heterocycles. The van der Waals surface area contributed by atoms with E-state index < -0.39 is 5.97 Å². The van der Waals surface area contributed by atoms with Crippen LogP contribution in [0.1, 0.15) is 24.3 Å². The van der Waals surface area contributed by atoms with Crippen LogP contribution in [0, 0.1) is 0 Å². The molecule has 1 N–H and O–H groups in total. The zero-order valence-corrected chi connectivity index (χ0v) is 11.3. The van der Waals surface area contributed by atoms with Crippen LogP contribution < -0.4 is 9.47 Å². The summed E-state index contributed by atoms with van der Waals surface area (Å²) in [6.45, 7) is 4.80. The van der Waals surface area contributed by atoms with Gasteiger partial charge in [0.15, 0.2) is 23.0 Å². The minimum absolute atomic E-state index is 0.133. The number of aromatic nitrogens is 1. The molecule has 6 heteroatoms. The van der Waals surface area contributed by atoms with Crippen molar-refractivity contribution in [2.45, 2.75) is 13.8 Å². The smallest absolute Gasteiger partial charge is 0.358 e. The summed E-state index contributed by atoms with van der Waals surface area (Å²) in [7, 11) is 0. The Balaban J connectivity index is 2.36. The van der Waals surface area contributed by atoms with Crippen molar-refractivity contribution in [2.75, 3.05) is 13.2 Å². The molecule has 0 radical (unpaired) electrons. The van der Waals surface area contributed by atoms with Crippen molar-refractivity contribution < 1.29 is 23.9 Å². The molecule has 1 heterocycles. The van der Waals surface area contributed by atoms with E-state index in [1.165, 1.54) is 6.07 Å². The Hall–Kier alpha value is -2.50. The molecule has 0 saturated heterocycles. The Morgan fingerprint density at radius 1 is 1.20 bits per heavy atom. The number of hydrogen-bond donors (Lipinski definition) is 1. The van der Waals surface area contributed by atoms with Gasteiger partial charge in [0.25, 0.3) is 0 Å². The Bertz CT molecular complexity index is 605. The van der Waals surface area contributed by atoms with Crippen LogP contribution in [0.3, 0.4) is 0 Å². The summed E-state index contributed by atoms with van der Waals surface area (Å²) in [5.74, 6) is 0.457. The van der Waals surface area contributed by atoms with Gasteiger partial charge in [-0.25, -0.2) is 4.79 Å². The number of carbonyl (C=O) groups is 1. The Morgan fingerprint density at radius 2 is 1.90 bits per heavy atom. The number of hydrogen-bond acceptors (Lipinski definition) is 5. The molecule has 1 aromatic heterocycles. The van der Waals surface area contributed by atoms with Gasteiger partial charge in [-0.2, -0.15) is 0 Å². The third-order valence-electron chi connectivity index (χ3n) is 2.56. The average Bonchev–Trinajstić information content (AvgIpc) is 2.91. The molecular formula is C14H15NO5. The fourth-order valence-corrected chi connectivity index (χ4v) is 1.72. The molecule has 0 amide bonds. The molecule has 6 nitrogen and oxygen atoms in total. The molecule has 2 aromatic rings. The molecule has 0 aliphatic carbocycles. The Morgan fingerprint density at radius 3 is 2.50 bits per heavy atom. The first-order valence-electron chi connectivity index (χ1n) is 6.25. The first kappa shape index (κ1) is 13.9. The lowest BCUT2D eigenvalue weighted by Crippen LogP contribution is -1.98. The molecule has 0 aliphatic rings. The van der Waals surface area contributed by atoms with Gasteiger partial charge in [0.05, 0.1) is 13.2 Å². The van der Waals surface area contributed by atoms with Crippen molar-refractivity contribution in [3.8, 4) is 22.8 Å². The second kappa shape index (κ2) is 6.10. The summed E-state index contributed by atoms with van der Waals surface area (Å²) in [5, 5.41) is 12.3. The van der Waals surface area contributed by atoms with E-state index in [0.717, 1.165) is 0 Å². The van der Waals surface area contributed by atoms with E-state index in [1.54, 1.807) is 18.2 Å². The van der Waals surface area contributed by atoms with Crippen molar-refractivity contribution in [3.63, 3.8) is 0 Å². The maximum absolute atomic E-state index is 10.8. The zero-order valence-electron chi connectivity index (χ0n) is 11.3. The van der Waals surface area contributed by atoms with E-state index in [9.17, 15) is 4.79 Å². The van der Waals surface area contributed by atoms with Crippen molar-refractivity contribution >= 4 is 5.97 Å². The summed E-state index contributed by atoms with van der Waals surface area (Å²) in [4.78, 5) is 10.8. The highest BCUT2D eigenvalue weighted by atomic mass is 16.5. The van der Waals surface area contributed by atoms with Crippen molar-refractivity contribution in [2.24, 2.45) is 0 Å². The average molecular weight is 277 g/mol. The van der Waals surface area contributed by atoms with Crippen LogP contribution in [0.5, 0.6) is 11.5 Å². The van der Waals surface area contributed by atoms with Crippen LogP contribution >= 0.6 is 0 Å². The third kappa shape index (κ3) is 2.90. The molecule has 1 aromatic carbocycles. The maximum Gasteiger partial charge on any atom is 0.358 e. The highest BCUT2D eigenvalue weighted by Crippen LogP contribution is 2.33. The SMILES string of the molecule is CCOc1ccc(-c2cc(C(=O)O)no2)cc1OCC. The highest BCUT2D eigenvalue weighted by molar-refractivity contribution is 5.86. The Labute approximate surface area is 115 Å². The molecule has 20 heavy (non-hydrogen) atoms. The first-order chi connectivity index (χ1) is 9.65. The predicted octanol–water partition coefficient (Wildman–Crippen LogP) is 2.84.